The molecule has 3 heterocycles. The van der Waals surface area contributed by atoms with E-state index < -0.39 is 0 Å². The Balaban J connectivity index is 1.49. The van der Waals surface area contributed by atoms with Crippen LogP contribution in [0.4, 0.5) is 0 Å². The van der Waals surface area contributed by atoms with E-state index in [-0.39, 0.29) is 5.41 Å². The average Bonchev–Trinajstić information content (AvgIpc) is 3.61. The summed E-state index contributed by atoms with van der Waals surface area (Å²) in [5.74, 6) is 0.614. The van der Waals surface area contributed by atoms with Gasteiger partial charge in [-0.25, -0.2) is 15.0 Å². The highest BCUT2D eigenvalue weighted by atomic mass is 15.2. The van der Waals surface area contributed by atoms with Gasteiger partial charge in [-0.2, -0.15) is 0 Å². The van der Waals surface area contributed by atoms with Crippen LogP contribution in [0.3, 0.4) is 0 Å². The van der Waals surface area contributed by atoms with E-state index >= 15 is 0 Å². The van der Waals surface area contributed by atoms with Crippen LogP contribution in [0.25, 0.3) is 66.4 Å². The first-order valence-corrected chi connectivity index (χ1v) is 14.0. The lowest BCUT2D eigenvalue weighted by molar-refractivity contribution is 0.664. The molecule has 3 aromatic heterocycles. The molecule has 0 fully saturated rings. The minimum absolute atomic E-state index is 0.148. The second kappa shape index (κ2) is 7.89. The molecule has 5 aromatic carbocycles. The zero-order valence-electron chi connectivity index (χ0n) is 22.7. The van der Waals surface area contributed by atoms with Gasteiger partial charge in [0.2, 0.25) is 5.95 Å². The molecule has 0 radical (unpaired) electrons. The molecule has 8 aromatic rings. The van der Waals surface area contributed by atoms with Crippen molar-refractivity contribution in [3.05, 3.63) is 127 Å². The second-order valence-corrected chi connectivity index (χ2v) is 11.4. The fourth-order valence-electron chi connectivity index (χ4n) is 7.31. The highest BCUT2D eigenvalue weighted by Crippen LogP contribution is 2.53. The van der Waals surface area contributed by atoms with Gasteiger partial charge < -0.3 is 4.57 Å². The molecular weight excluding hydrogens is 502 g/mol. The molecule has 9 rings (SSSR count). The van der Waals surface area contributed by atoms with Crippen molar-refractivity contribution in [3.8, 4) is 22.8 Å². The van der Waals surface area contributed by atoms with Crippen molar-refractivity contribution in [1.29, 1.82) is 0 Å². The molecule has 0 amide bonds. The van der Waals surface area contributed by atoms with Crippen LogP contribution in [-0.4, -0.2) is 24.1 Å². The molecule has 0 saturated heterocycles. The highest BCUT2D eigenvalue weighted by molar-refractivity contribution is 6.17. The van der Waals surface area contributed by atoms with Crippen LogP contribution in [0, 0.1) is 0 Å². The molecule has 1 aliphatic rings. The fraction of sp³-hybridized carbons (Fsp3) is 0.0833. The minimum Gasteiger partial charge on any atom is -0.308 e. The summed E-state index contributed by atoms with van der Waals surface area (Å²) in [6.07, 6.45) is 3.12. The van der Waals surface area contributed by atoms with Crippen molar-refractivity contribution < 1.29 is 0 Å². The van der Waals surface area contributed by atoms with Crippen LogP contribution in [0.5, 0.6) is 0 Å². The topological polar surface area (TPSA) is 48.5 Å². The lowest BCUT2D eigenvalue weighted by Gasteiger charge is -2.24. The Morgan fingerprint density at radius 3 is 2.07 bits per heavy atom. The highest BCUT2D eigenvalue weighted by Gasteiger charge is 2.38. The molecule has 0 bridgehead atoms. The summed E-state index contributed by atoms with van der Waals surface area (Å²) in [5.41, 5.74) is 11.0. The van der Waals surface area contributed by atoms with Gasteiger partial charge in [-0.05, 0) is 46.5 Å². The molecule has 194 valence electrons. The summed E-state index contributed by atoms with van der Waals surface area (Å²) >= 11 is 0. The van der Waals surface area contributed by atoms with E-state index in [9.17, 15) is 0 Å². The third kappa shape index (κ3) is 2.82. The largest absolute Gasteiger partial charge is 0.308 e. The summed E-state index contributed by atoms with van der Waals surface area (Å²) in [4.78, 5) is 13.1. The van der Waals surface area contributed by atoms with Crippen LogP contribution in [-0.2, 0) is 5.41 Å². The minimum atomic E-state index is -0.148. The molecule has 0 atom stereocenters. The van der Waals surface area contributed by atoms with Crippen LogP contribution in [0.15, 0.2) is 116 Å². The summed E-state index contributed by atoms with van der Waals surface area (Å²) < 4.78 is 4.65. The van der Waals surface area contributed by atoms with Gasteiger partial charge in [0.05, 0.1) is 27.8 Å². The zero-order chi connectivity index (χ0) is 27.3. The molecule has 0 saturated carbocycles. The Bertz CT molecular complexity index is 2340. The van der Waals surface area contributed by atoms with Gasteiger partial charge in [-0.15, -0.1) is 0 Å². The molecule has 0 spiro atoms. The van der Waals surface area contributed by atoms with Gasteiger partial charge in [0.1, 0.15) is 12.7 Å². The Labute approximate surface area is 236 Å². The Morgan fingerprint density at radius 2 is 1.24 bits per heavy atom. The van der Waals surface area contributed by atoms with E-state index in [1.165, 1.54) is 54.8 Å². The first-order chi connectivity index (χ1) is 20.1. The maximum Gasteiger partial charge on any atom is 0.237 e. The lowest BCUT2D eigenvalue weighted by atomic mass is 9.81. The number of rotatable bonds is 2. The number of hydrogen-bond acceptors (Lipinski definition) is 3. The molecule has 0 aliphatic heterocycles. The fourth-order valence-corrected chi connectivity index (χ4v) is 7.31. The SMILES string of the molecule is CC1(C)c2ccccc2-c2ccc3c4ccccc4n(-c4cccc5c4c4ccccc4n5-c4ncncn4)c3c21. The molecule has 1 aliphatic carbocycles. The van der Waals surface area contributed by atoms with Crippen LogP contribution >= 0.6 is 0 Å². The average molecular weight is 528 g/mol. The Hall–Kier alpha value is -5.29. The third-order valence-electron chi connectivity index (χ3n) is 8.95. The molecule has 0 N–H and O–H groups in total. The number of aromatic nitrogens is 5. The van der Waals surface area contributed by atoms with Crippen LogP contribution in [0.2, 0.25) is 0 Å². The number of hydrogen-bond donors (Lipinski definition) is 0. The van der Waals surface area contributed by atoms with E-state index in [0.29, 0.717) is 5.95 Å². The standard InChI is InChI=1S/C36H25N5/c1-36(2)27-13-6-3-10-22(27)24-18-19-25-23-11-4-7-14-28(23)40(34(25)33(24)36)30-16-9-17-31-32(30)26-12-5-8-15-29(26)41(31)35-38-20-37-21-39-35/h3-21H,1-2H3. The summed E-state index contributed by atoms with van der Waals surface area (Å²) in [6, 6.07) is 37.4. The molecule has 5 nitrogen and oxygen atoms in total. The van der Waals surface area contributed by atoms with Gasteiger partial charge in [0.15, 0.2) is 0 Å². The molecule has 0 unspecified atom stereocenters. The van der Waals surface area contributed by atoms with Crippen LogP contribution in [0.1, 0.15) is 25.0 Å². The number of nitrogens with zero attached hydrogens (tertiary/aromatic N) is 5. The number of para-hydroxylation sites is 2. The predicted molar refractivity (Wildman–Crippen MR) is 166 cm³/mol. The monoisotopic (exact) mass is 527 g/mol. The number of fused-ring (bicyclic) bond motifs is 10. The maximum absolute atomic E-state index is 4.54. The smallest absolute Gasteiger partial charge is 0.237 e. The van der Waals surface area contributed by atoms with Crippen molar-refractivity contribution in [1.82, 2.24) is 24.1 Å². The van der Waals surface area contributed by atoms with E-state index in [4.69, 9.17) is 0 Å². The van der Waals surface area contributed by atoms with Crippen molar-refractivity contribution in [2.75, 3.05) is 0 Å². The first-order valence-electron chi connectivity index (χ1n) is 14.0. The maximum atomic E-state index is 4.54. The summed E-state index contributed by atoms with van der Waals surface area (Å²) in [5, 5.41) is 4.88. The van der Waals surface area contributed by atoms with E-state index in [0.717, 1.165) is 16.7 Å². The van der Waals surface area contributed by atoms with Gasteiger partial charge in [-0.1, -0.05) is 92.7 Å². The van der Waals surface area contributed by atoms with Crippen LogP contribution < -0.4 is 0 Å². The van der Waals surface area contributed by atoms with Crippen molar-refractivity contribution >= 4 is 43.6 Å². The van der Waals surface area contributed by atoms with Gasteiger partial charge >= 0.3 is 0 Å². The normalized spacial score (nSPS) is 13.8. The second-order valence-electron chi connectivity index (χ2n) is 11.4. The molecule has 41 heavy (non-hydrogen) atoms. The quantitative estimate of drug-likeness (QED) is 0.227. The zero-order valence-corrected chi connectivity index (χ0v) is 22.7. The Morgan fingerprint density at radius 1 is 0.561 bits per heavy atom. The summed E-state index contributed by atoms with van der Waals surface area (Å²) in [6.45, 7) is 4.73. The first kappa shape index (κ1) is 22.5. The predicted octanol–water partition coefficient (Wildman–Crippen LogP) is 8.37. The van der Waals surface area contributed by atoms with E-state index in [1.54, 1.807) is 12.7 Å². The van der Waals surface area contributed by atoms with Crippen molar-refractivity contribution in [2.45, 2.75) is 19.3 Å². The van der Waals surface area contributed by atoms with Crippen molar-refractivity contribution in [3.63, 3.8) is 0 Å². The van der Waals surface area contributed by atoms with E-state index in [1.807, 2.05) is 0 Å². The van der Waals surface area contributed by atoms with Gasteiger partial charge in [-0.3, -0.25) is 4.57 Å². The van der Waals surface area contributed by atoms with Gasteiger partial charge in [0.25, 0.3) is 0 Å². The number of benzene rings is 5. The Kier molecular flexibility index (Phi) is 4.33. The van der Waals surface area contributed by atoms with Crippen molar-refractivity contribution in [2.24, 2.45) is 0 Å². The molecule has 5 heteroatoms. The molecular formula is C36H25N5. The van der Waals surface area contributed by atoms with E-state index in [2.05, 4.69) is 141 Å². The lowest BCUT2D eigenvalue weighted by Crippen LogP contribution is -2.16. The third-order valence-corrected chi connectivity index (χ3v) is 8.95. The van der Waals surface area contributed by atoms with Gasteiger partial charge in [0, 0.05) is 27.0 Å². The summed E-state index contributed by atoms with van der Waals surface area (Å²) in [7, 11) is 0.